The summed E-state index contributed by atoms with van der Waals surface area (Å²) >= 11 is 0. The van der Waals surface area contributed by atoms with Gasteiger partial charge in [0.2, 0.25) is 0 Å². The Morgan fingerprint density at radius 2 is 2.00 bits per heavy atom. The Morgan fingerprint density at radius 1 is 1.24 bits per heavy atom. The summed E-state index contributed by atoms with van der Waals surface area (Å²) in [5, 5.41) is 11.9. The molecular formula is C14H15N3. The molecule has 0 bridgehead atoms. The number of nitriles is 1. The molecule has 1 aromatic carbocycles. The fourth-order valence-electron chi connectivity index (χ4n) is 1.83. The van der Waals surface area contributed by atoms with Crippen LogP contribution in [0, 0.1) is 11.3 Å². The predicted molar refractivity (Wildman–Crippen MR) is 67.5 cm³/mol. The number of rotatable bonds is 4. The zero-order chi connectivity index (χ0) is 12.1. The molecule has 17 heavy (non-hydrogen) atoms. The van der Waals surface area contributed by atoms with Crippen LogP contribution < -0.4 is 5.32 Å². The van der Waals surface area contributed by atoms with Crippen LogP contribution in [-0.2, 0) is 13.1 Å². The van der Waals surface area contributed by atoms with Gasteiger partial charge in [0.05, 0.1) is 11.6 Å². The third-order valence-corrected chi connectivity index (χ3v) is 2.72. The molecular weight excluding hydrogens is 210 g/mol. The van der Waals surface area contributed by atoms with Crippen molar-refractivity contribution in [1.29, 1.82) is 5.26 Å². The van der Waals surface area contributed by atoms with Gasteiger partial charge in [-0.3, -0.25) is 0 Å². The van der Waals surface area contributed by atoms with Crippen LogP contribution in [-0.4, -0.2) is 11.6 Å². The van der Waals surface area contributed by atoms with Gasteiger partial charge in [0.25, 0.3) is 0 Å². The van der Waals surface area contributed by atoms with E-state index in [4.69, 9.17) is 5.26 Å². The monoisotopic (exact) mass is 225 g/mol. The van der Waals surface area contributed by atoms with Gasteiger partial charge in [-0.2, -0.15) is 5.26 Å². The maximum absolute atomic E-state index is 8.74. The molecule has 2 rings (SSSR count). The van der Waals surface area contributed by atoms with Crippen molar-refractivity contribution in [2.24, 2.45) is 0 Å². The van der Waals surface area contributed by atoms with Crippen molar-refractivity contribution < 1.29 is 0 Å². The molecule has 0 fully saturated rings. The Morgan fingerprint density at radius 3 is 2.65 bits per heavy atom. The summed E-state index contributed by atoms with van der Waals surface area (Å²) in [5.41, 5.74) is 3.17. The summed E-state index contributed by atoms with van der Waals surface area (Å²) in [7, 11) is 1.94. The number of hydrogen-bond acceptors (Lipinski definition) is 2. The Bertz CT molecular complexity index is 517. The van der Waals surface area contributed by atoms with Crippen molar-refractivity contribution >= 4 is 0 Å². The second kappa shape index (κ2) is 5.33. The molecule has 0 spiro atoms. The van der Waals surface area contributed by atoms with E-state index in [1.54, 1.807) is 0 Å². The number of hydrogen-bond donors (Lipinski definition) is 1. The highest BCUT2D eigenvalue weighted by atomic mass is 15.0. The Balaban J connectivity index is 2.14. The van der Waals surface area contributed by atoms with E-state index in [-0.39, 0.29) is 0 Å². The van der Waals surface area contributed by atoms with Crippen LogP contribution in [0.2, 0.25) is 0 Å². The number of aromatic nitrogens is 1. The molecule has 1 N–H and O–H groups in total. The van der Waals surface area contributed by atoms with Gasteiger partial charge >= 0.3 is 0 Å². The average Bonchev–Trinajstić information content (AvgIpc) is 2.78. The first kappa shape index (κ1) is 11.4. The van der Waals surface area contributed by atoms with Gasteiger partial charge in [0, 0.05) is 25.0 Å². The standard InChI is InChI=1S/C14H15N3/c1-16-10-14-3-2-8-17(14)11-13-6-4-12(9-15)5-7-13/h2-8,16H,10-11H2,1H3. The largest absolute Gasteiger partial charge is 0.346 e. The third kappa shape index (κ3) is 2.74. The Labute approximate surface area is 101 Å². The van der Waals surface area contributed by atoms with Crippen molar-refractivity contribution in [3.05, 3.63) is 59.4 Å². The molecule has 0 atom stereocenters. The van der Waals surface area contributed by atoms with Gasteiger partial charge in [-0.1, -0.05) is 12.1 Å². The second-order valence-electron chi connectivity index (χ2n) is 3.97. The molecule has 0 saturated heterocycles. The number of benzene rings is 1. The van der Waals surface area contributed by atoms with Crippen molar-refractivity contribution in [2.45, 2.75) is 13.1 Å². The molecule has 3 nitrogen and oxygen atoms in total. The van der Waals surface area contributed by atoms with Gasteiger partial charge < -0.3 is 9.88 Å². The first-order chi connectivity index (χ1) is 8.33. The highest BCUT2D eigenvalue weighted by Gasteiger charge is 2.00. The number of nitrogens with one attached hydrogen (secondary N) is 1. The SMILES string of the molecule is CNCc1cccn1Cc1ccc(C#N)cc1. The van der Waals surface area contributed by atoms with E-state index in [1.165, 1.54) is 11.3 Å². The highest BCUT2D eigenvalue weighted by molar-refractivity contribution is 5.31. The second-order valence-corrected chi connectivity index (χ2v) is 3.97. The molecule has 3 heteroatoms. The van der Waals surface area contributed by atoms with Gasteiger partial charge in [0.15, 0.2) is 0 Å². The first-order valence-electron chi connectivity index (χ1n) is 5.61. The lowest BCUT2D eigenvalue weighted by Crippen LogP contribution is -2.11. The molecule has 2 aromatic rings. The molecule has 0 aliphatic heterocycles. The van der Waals surface area contributed by atoms with E-state index in [0.717, 1.165) is 13.1 Å². The van der Waals surface area contributed by atoms with E-state index in [2.05, 4.69) is 34.3 Å². The average molecular weight is 225 g/mol. The fourth-order valence-corrected chi connectivity index (χ4v) is 1.83. The summed E-state index contributed by atoms with van der Waals surface area (Å²) in [4.78, 5) is 0. The topological polar surface area (TPSA) is 40.8 Å². The van der Waals surface area contributed by atoms with E-state index < -0.39 is 0 Å². The van der Waals surface area contributed by atoms with E-state index in [1.807, 2.05) is 31.3 Å². The normalized spacial score (nSPS) is 10.1. The van der Waals surface area contributed by atoms with Crippen molar-refractivity contribution in [1.82, 2.24) is 9.88 Å². The van der Waals surface area contributed by atoms with Crippen LogP contribution in [0.3, 0.4) is 0 Å². The lowest BCUT2D eigenvalue weighted by Gasteiger charge is -2.09. The molecule has 0 amide bonds. The Kier molecular flexibility index (Phi) is 3.59. The lowest BCUT2D eigenvalue weighted by atomic mass is 10.1. The number of nitrogens with zero attached hydrogens (tertiary/aromatic N) is 2. The molecule has 1 aromatic heterocycles. The molecule has 0 aliphatic carbocycles. The van der Waals surface area contributed by atoms with Gasteiger partial charge in [-0.05, 0) is 36.9 Å². The van der Waals surface area contributed by atoms with E-state index >= 15 is 0 Å². The summed E-state index contributed by atoms with van der Waals surface area (Å²) in [5.74, 6) is 0. The molecule has 0 unspecified atom stereocenters. The first-order valence-corrected chi connectivity index (χ1v) is 5.61. The lowest BCUT2D eigenvalue weighted by molar-refractivity contribution is 0.694. The summed E-state index contributed by atoms with van der Waals surface area (Å²) in [6.45, 7) is 1.71. The summed E-state index contributed by atoms with van der Waals surface area (Å²) < 4.78 is 2.21. The quantitative estimate of drug-likeness (QED) is 0.866. The Hall–Kier alpha value is -2.05. The molecule has 86 valence electrons. The minimum Gasteiger partial charge on any atom is -0.346 e. The van der Waals surface area contributed by atoms with Crippen LogP contribution in [0.25, 0.3) is 0 Å². The van der Waals surface area contributed by atoms with Crippen molar-refractivity contribution in [3.8, 4) is 6.07 Å². The van der Waals surface area contributed by atoms with Crippen molar-refractivity contribution in [3.63, 3.8) is 0 Å². The van der Waals surface area contributed by atoms with Crippen LogP contribution >= 0.6 is 0 Å². The molecule has 0 radical (unpaired) electrons. The molecule has 0 aliphatic rings. The smallest absolute Gasteiger partial charge is 0.0991 e. The molecule has 0 saturated carbocycles. The third-order valence-electron chi connectivity index (χ3n) is 2.72. The fraction of sp³-hybridized carbons (Fsp3) is 0.214. The van der Waals surface area contributed by atoms with E-state index in [9.17, 15) is 0 Å². The van der Waals surface area contributed by atoms with Crippen molar-refractivity contribution in [2.75, 3.05) is 7.05 Å². The van der Waals surface area contributed by atoms with Crippen LogP contribution in [0.15, 0.2) is 42.6 Å². The zero-order valence-electron chi connectivity index (χ0n) is 9.85. The van der Waals surface area contributed by atoms with Gasteiger partial charge in [0.1, 0.15) is 0 Å². The summed E-state index contributed by atoms with van der Waals surface area (Å²) in [6.07, 6.45) is 2.07. The minimum absolute atomic E-state index is 0.705. The van der Waals surface area contributed by atoms with Crippen LogP contribution in [0.4, 0.5) is 0 Å². The van der Waals surface area contributed by atoms with Crippen LogP contribution in [0.1, 0.15) is 16.8 Å². The van der Waals surface area contributed by atoms with Crippen LogP contribution in [0.5, 0.6) is 0 Å². The molecule has 1 heterocycles. The highest BCUT2D eigenvalue weighted by Crippen LogP contribution is 2.09. The van der Waals surface area contributed by atoms with E-state index in [0.29, 0.717) is 5.56 Å². The van der Waals surface area contributed by atoms with Gasteiger partial charge in [-0.15, -0.1) is 0 Å². The predicted octanol–water partition coefficient (Wildman–Crippen LogP) is 2.13. The maximum Gasteiger partial charge on any atom is 0.0991 e. The summed E-state index contributed by atoms with van der Waals surface area (Å²) in [6, 6.07) is 14.0. The zero-order valence-corrected chi connectivity index (χ0v) is 9.85. The minimum atomic E-state index is 0.705. The maximum atomic E-state index is 8.74. The van der Waals surface area contributed by atoms with Gasteiger partial charge in [-0.25, -0.2) is 0 Å².